The first-order chi connectivity index (χ1) is 13.8. The van der Waals surface area contributed by atoms with Gasteiger partial charge in [-0.3, -0.25) is 0 Å². The topological polar surface area (TPSA) is 131 Å². The van der Waals surface area contributed by atoms with Crippen LogP contribution in [0.2, 0.25) is 0 Å². The summed E-state index contributed by atoms with van der Waals surface area (Å²) in [7, 11) is 0. The van der Waals surface area contributed by atoms with Crippen molar-refractivity contribution in [1.82, 2.24) is 0 Å². The van der Waals surface area contributed by atoms with E-state index in [1.165, 1.54) is 0 Å². The van der Waals surface area contributed by atoms with Crippen LogP contribution in [0.3, 0.4) is 0 Å². The SMILES string of the molecule is CC(O)c1ccc(Cc2ccc(CO)c([C@@H]3O[C@H](CO)[C@@H](O)[C@H](O)[C@H]3O)c2)cc1. The Morgan fingerprint density at radius 1 is 0.897 bits per heavy atom. The number of hydrogen-bond donors (Lipinski definition) is 6. The molecule has 158 valence electrons. The van der Waals surface area contributed by atoms with Crippen LogP contribution in [0.1, 0.15) is 46.9 Å². The largest absolute Gasteiger partial charge is 0.394 e. The van der Waals surface area contributed by atoms with Crippen molar-refractivity contribution in [2.24, 2.45) is 0 Å². The molecule has 0 aliphatic carbocycles. The summed E-state index contributed by atoms with van der Waals surface area (Å²) in [5, 5.41) is 59.3. The van der Waals surface area contributed by atoms with E-state index in [-0.39, 0.29) is 6.61 Å². The molecule has 1 aliphatic heterocycles. The molecule has 0 amide bonds. The zero-order valence-electron chi connectivity index (χ0n) is 16.2. The van der Waals surface area contributed by atoms with Crippen LogP contribution in [0.4, 0.5) is 0 Å². The van der Waals surface area contributed by atoms with Gasteiger partial charge in [0.25, 0.3) is 0 Å². The Morgan fingerprint density at radius 2 is 1.55 bits per heavy atom. The Hall–Kier alpha value is -1.84. The number of benzene rings is 2. The predicted molar refractivity (Wildman–Crippen MR) is 105 cm³/mol. The van der Waals surface area contributed by atoms with Gasteiger partial charge in [0.1, 0.15) is 30.5 Å². The van der Waals surface area contributed by atoms with Crippen molar-refractivity contribution in [3.05, 3.63) is 70.3 Å². The molecule has 1 fully saturated rings. The van der Waals surface area contributed by atoms with Crippen molar-refractivity contribution in [3.8, 4) is 0 Å². The van der Waals surface area contributed by atoms with Crippen LogP contribution in [0.15, 0.2) is 42.5 Å². The van der Waals surface area contributed by atoms with Gasteiger partial charge in [-0.15, -0.1) is 0 Å². The zero-order chi connectivity index (χ0) is 21.1. The number of aliphatic hydroxyl groups is 6. The van der Waals surface area contributed by atoms with Gasteiger partial charge < -0.3 is 35.4 Å². The van der Waals surface area contributed by atoms with Gasteiger partial charge in [0.2, 0.25) is 0 Å². The first kappa shape index (κ1) is 21.9. The first-order valence-corrected chi connectivity index (χ1v) is 9.65. The maximum absolute atomic E-state index is 10.4. The van der Waals surface area contributed by atoms with Crippen LogP contribution >= 0.6 is 0 Å². The van der Waals surface area contributed by atoms with Gasteiger partial charge in [-0.05, 0) is 41.2 Å². The highest BCUT2D eigenvalue weighted by Gasteiger charge is 2.44. The quantitative estimate of drug-likeness (QED) is 0.409. The van der Waals surface area contributed by atoms with Gasteiger partial charge in [0, 0.05) is 0 Å². The van der Waals surface area contributed by atoms with Crippen LogP contribution in [0.25, 0.3) is 0 Å². The molecule has 29 heavy (non-hydrogen) atoms. The van der Waals surface area contributed by atoms with Crippen LogP contribution in [0, 0.1) is 0 Å². The second-order valence-corrected chi connectivity index (χ2v) is 7.54. The number of aliphatic hydroxyl groups excluding tert-OH is 6. The normalized spacial score (nSPS) is 28.3. The lowest BCUT2D eigenvalue weighted by Crippen LogP contribution is -2.55. The maximum Gasteiger partial charge on any atom is 0.113 e. The fourth-order valence-electron chi connectivity index (χ4n) is 3.67. The molecule has 0 spiro atoms. The van der Waals surface area contributed by atoms with Crippen molar-refractivity contribution in [2.45, 2.75) is 56.6 Å². The van der Waals surface area contributed by atoms with Crippen molar-refractivity contribution in [1.29, 1.82) is 0 Å². The van der Waals surface area contributed by atoms with Crippen molar-refractivity contribution in [2.75, 3.05) is 6.61 Å². The summed E-state index contributed by atoms with van der Waals surface area (Å²) in [5.74, 6) is 0. The lowest BCUT2D eigenvalue weighted by molar-refractivity contribution is -0.232. The predicted octanol–water partition coefficient (Wildman–Crippen LogP) is 0.338. The molecule has 6 N–H and O–H groups in total. The standard InChI is InChI=1S/C22H28O7/c1-12(25)15-5-2-13(3-6-15)8-14-4-7-16(10-23)17(9-14)22-21(28)20(27)19(26)18(11-24)29-22/h2-7,9,12,18-28H,8,10-11H2,1H3/t12?,18-,19-,20+,21-,22+/m1/s1. The third-order valence-corrected chi connectivity index (χ3v) is 5.45. The molecule has 7 nitrogen and oxygen atoms in total. The van der Waals surface area contributed by atoms with E-state index in [1.54, 1.807) is 19.1 Å². The fourth-order valence-corrected chi connectivity index (χ4v) is 3.67. The molecule has 1 aliphatic rings. The Labute approximate surface area is 169 Å². The van der Waals surface area contributed by atoms with Gasteiger partial charge in [0.05, 0.1) is 19.3 Å². The summed E-state index contributed by atoms with van der Waals surface area (Å²) in [5.41, 5.74) is 3.78. The highest BCUT2D eigenvalue weighted by Crippen LogP contribution is 2.35. The van der Waals surface area contributed by atoms with Gasteiger partial charge in [-0.2, -0.15) is 0 Å². The van der Waals surface area contributed by atoms with Crippen LogP contribution in [0.5, 0.6) is 0 Å². The summed E-state index contributed by atoms with van der Waals surface area (Å²) in [6, 6.07) is 13.0. The highest BCUT2D eigenvalue weighted by atomic mass is 16.5. The van der Waals surface area contributed by atoms with Crippen LogP contribution < -0.4 is 0 Å². The molecule has 6 atom stereocenters. The second kappa shape index (κ2) is 9.32. The van der Waals surface area contributed by atoms with Crippen molar-refractivity contribution in [3.63, 3.8) is 0 Å². The number of ether oxygens (including phenoxy) is 1. The molecule has 1 unspecified atom stereocenters. The Morgan fingerprint density at radius 3 is 2.14 bits per heavy atom. The molecule has 7 heteroatoms. The summed E-state index contributed by atoms with van der Waals surface area (Å²) in [4.78, 5) is 0. The van der Waals surface area contributed by atoms with Gasteiger partial charge in [-0.25, -0.2) is 0 Å². The monoisotopic (exact) mass is 404 g/mol. The molecule has 3 rings (SSSR count). The third kappa shape index (κ3) is 4.67. The number of hydrogen-bond acceptors (Lipinski definition) is 7. The first-order valence-electron chi connectivity index (χ1n) is 9.65. The molecule has 1 heterocycles. The van der Waals surface area contributed by atoms with Crippen molar-refractivity contribution >= 4 is 0 Å². The average Bonchev–Trinajstić information content (AvgIpc) is 2.73. The van der Waals surface area contributed by atoms with E-state index in [0.29, 0.717) is 17.5 Å². The maximum atomic E-state index is 10.4. The number of rotatable bonds is 6. The highest BCUT2D eigenvalue weighted by molar-refractivity contribution is 5.38. The Balaban J connectivity index is 1.88. The fraction of sp³-hybridized carbons (Fsp3) is 0.455. The third-order valence-electron chi connectivity index (χ3n) is 5.45. The van der Waals surface area contributed by atoms with Crippen LogP contribution in [-0.2, 0) is 17.8 Å². The molecular formula is C22H28O7. The van der Waals surface area contributed by atoms with E-state index in [2.05, 4.69) is 0 Å². The van der Waals surface area contributed by atoms with E-state index in [0.717, 1.165) is 16.7 Å². The summed E-state index contributed by atoms with van der Waals surface area (Å²) < 4.78 is 5.66. The molecule has 1 saturated heterocycles. The lowest BCUT2D eigenvalue weighted by atomic mass is 9.88. The van der Waals surface area contributed by atoms with Gasteiger partial charge in [-0.1, -0.05) is 42.5 Å². The van der Waals surface area contributed by atoms with Crippen LogP contribution in [-0.4, -0.2) is 61.7 Å². The lowest BCUT2D eigenvalue weighted by Gasteiger charge is -2.40. The molecule has 0 radical (unpaired) electrons. The molecule has 2 aromatic carbocycles. The minimum Gasteiger partial charge on any atom is -0.394 e. The zero-order valence-corrected chi connectivity index (χ0v) is 16.2. The molecule has 0 aromatic heterocycles. The minimum absolute atomic E-state index is 0.284. The average molecular weight is 404 g/mol. The molecule has 2 aromatic rings. The molecule has 0 saturated carbocycles. The minimum atomic E-state index is -1.48. The van der Waals surface area contributed by atoms with E-state index >= 15 is 0 Å². The Kier molecular flexibility index (Phi) is 7.02. The van der Waals surface area contributed by atoms with Gasteiger partial charge >= 0.3 is 0 Å². The van der Waals surface area contributed by atoms with E-state index in [4.69, 9.17) is 4.74 Å². The van der Waals surface area contributed by atoms with E-state index in [9.17, 15) is 30.6 Å². The smallest absolute Gasteiger partial charge is 0.113 e. The van der Waals surface area contributed by atoms with Gasteiger partial charge in [0.15, 0.2) is 0 Å². The summed E-state index contributed by atoms with van der Waals surface area (Å²) in [6.45, 7) is 0.911. The molecule has 0 bridgehead atoms. The second-order valence-electron chi connectivity index (χ2n) is 7.54. The summed E-state index contributed by atoms with van der Waals surface area (Å²) >= 11 is 0. The van der Waals surface area contributed by atoms with Crippen molar-refractivity contribution < 1.29 is 35.4 Å². The molecular weight excluding hydrogens is 376 g/mol. The van der Waals surface area contributed by atoms with E-state index in [1.807, 2.05) is 30.3 Å². The Bertz CT molecular complexity index is 803. The summed E-state index contributed by atoms with van der Waals surface area (Å²) in [6.07, 6.45) is -6.28. The van der Waals surface area contributed by atoms with E-state index < -0.39 is 43.2 Å².